The van der Waals surface area contributed by atoms with Gasteiger partial charge in [0.25, 0.3) is 0 Å². The number of nitrogens with zero attached hydrogens (tertiary/aromatic N) is 4. The number of anilines is 1. The summed E-state index contributed by atoms with van der Waals surface area (Å²) >= 11 is 1.57. The van der Waals surface area contributed by atoms with Gasteiger partial charge in [-0.25, -0.2) is 9.97 Å². The largest absolute Gasteiger partial charge is 0.322 e. The zero-order valence-electron chi connectivity index (χ0n) is 9.54. The Morgan fingerprint density at radius 3 is 3.11 bits per heavy atom. The molecule has 1 amide bonds. The molecule has 6 nitrogen and oxygen atoms in total. The second-order valence-electron chi connectivity index (χ2n) is 3.84. The fourth-order valence-corrected chi connectivity index (χ4v) is 2.77. The first kappa shape index (κ1) is 11.2. The molecular weight excluding hydrogens is 250 g/mol. The number of carbonyl (C=O) groups is 1. The van der Waals surface area contributed by atoms with Crippen molar-refractivity contribution in [2.75, 3.05) is 18.4 Å². The van der Waals surface area contributed by atoms with Gasteiger partial charge in [-0.05, 0) is 11.5 Å². The van der Waals surface area contributed by atoms with Crippen molar-refractivity contribution in [3.8, 4) is 0 Å². The normalized spacial score (nSPS) is 17.2. The van der Waals surface area contributed by atoms with Gasteiger partial charge in [-0.15, -0.1) is 0 Å². The highest BCUT2D eigenvalue weighted by Crippen LogP contribution is 2.30. The minimum Gasteiger partial charge on any atom is -0.322 e. The number of carbonyl (C=O) groups excluding carboxylic acids is 1. The average molecular weight is 261 g/mol. The molecule has 1 N–H and O–H groups in total. The predicted octanol–water partition coefficient (Wildman–Crippen LogP) is 1.06. The van der Waals surface area contributed by atoms with Crippen LogP contribution in [0.4, 0.5) is 5.95 Å². The first-order valence-corrected chi connectivity index (χ1v) is 6.45. The summed E-state index contributed by atoms with van der Waals surface area (Å²) < 4.78 is 0. The van der Waals surface area contributed by atoms with E-state index >= 15 is 0 Å². The number of aromatic nitrogens is 2. The van der Waals surface area contributed by atoms with Gasteiger partial charge in [0.2, 0.25) is 11.9 Å². The van der Waals surface area contributed by atoms with Crippen LogP contribution in [0.2, 0.25) is 0 Å². The number of thioether (sulfide) groups is 1. The number of hydrogen-bond donors (Lipinski definition) is 1. The van der Waals surface area contributed by atoms with Crippen molar-refractivity contribution in [2.24, 2.45) is 4.99 Å². The lowest BCUT2D eigenvalue weighted by Crippen LogP contribution is -2.24. The van der Waals surface area contributed by atoms with E-state index in [4.69, 9.17) is 0 Å². The summed E-state index contributed by atoms with van der Waals surface area (Å²) in [5.74, 6) is 0.227. The molecule has 7 heteroatoms. The van der Waals surface area contributed by atoms with Crippen molar-refractivity contribution in [2.45, 2.75) is 6.42 Å². The number of fused-ring (bicyclic) bond motifs is 1. The lowest BCUT2D eigenvalue weighted by Gasteiger charge is -2.15. The topological polar surface area (TPSA) is 70.5 Å². The Hall–Kier alpha value is -1.89. The molecule has 0 aliphatic carbocycles. The molecule has 1 aromatic rings. The van der Waals surface area contributed by atoms with Gasteiger partial charge in [0.1, 0.15) is 0 Å². The smallest absolute Gasteiger partial charge is 0.232 e. The van der Waals surface area contributed by atoms with Crippen LogP contribution in [0.15, 0.2) is 34.6 Å². The van der Waals surface area contributed by atoms with Gasteiger partial charge in [0.05, 0.1) is 13.0 Å². The van der Waals surface area contributed by atoms with E-state index < -0.39 is 0 Å². The van der Waals surface area contributed by atoms with Crippen LogP contribution in [0.5, 0.6) is 0 Å². The highest BCUT2D eigenvalue weighted by atomic mass is 32.2. The van der Waals surface area contributed by atoms with Crippen molar-refractivity contribution >= 4 is 28.8 Å². The molecule has 3 rings (SSSR count). The van der Waals surface area contributed by atoms with E-state index in [2.05, 4.69) is 25.2 Å². The maximum absolute atomic E-state index is 11.8. The molecule has 0 spiro atoms. The molecule has 0 saturated carbocycles. The highest BCUT2D eigenvalue weighted by Gasteiger charge is 2.27. The van der Waals surface area contributed by atoms with Crippen LogP contribution in [0, 0.1) is 0 Å². The summed E-state index contributed by atoms with van der Waals surface area (Å²) in [7, 11) is 0. The van der Waals surface area contributed by atoms with Crippen LogP contribution in [0.3, 0.4) is 0 Å². The second-order valence-corrected chi connectivity index (χ2v) is 4.68. The first-order chi connectivity index (χ1) is 8.83. The number of aliphatic imine (C=N–C) groups is 1. The second kappa shape index (κ2) is 4.77. The standard InChI is InChI=1S/C11H11N5OS/c17-9(15-10-12-2-1-3-13-10)6-8-7-18-11-14-4-5-16(8)11/h1-3,7H,4-6H2,(H,12,13,15,17). The quantitative estimate of drug-likeness (QED) is 0.881. The van der Waals surface area contributed by atoms with Gasteiger partial charge >= 0.3 is 0 Å². The van der Waals surface area contributed by atoms with E-state index in [0.717, 1.165) is 24.0 Å². The molecule has 3 heterocycles. The molecule has 0 unspecified atom stereocenters. The maximum atomic E-state index is 11.8. The zero-order valence-corrected chi connectivity index (χ0v) is 10.4. The van der Waals surface area contributed by atoms with E-state index in [0.29, 0.717) is 12.4 Å². The molecule has 0 aromatic carbocycles. The lowest BCUT2D eigenvalue weighted by atomic mass is 10.3. The molecule has 0 saturated heterocycles. The predicted molar refractivity (Wildman–Crippen MR) is 70.0 cm³/mol. The summed E-state index contributed by atoms with van der Waals surface area (Å²) in [6.07, 6.45) is 3.52. The van der Waals surface area contributed by atoms with Gasteiger partial charge in [0.15, 0.2) is 5.17 Å². The molecule has 1 aromatic heterocycles. The Morgan fingerprint density at radius 1 is 1.44 bits per heavy atom. The number of rotatable bonds is 3. The minimum absolute atomic E-state index is 0.110. The number of amides is 1. The minimum atomic E-state index is -0.110. The highest BCUT2D eigenvalue weighted by molar-refractivity contribution is 8.16. The average Bonchev–Trinajstić information content (AvgIpc) is 2.95. The van der Waals surface area contributed by atoms with Crippen LogP contribution in [0.25, 0.3) is 0 Å². The monoisotopic (exact) mass is 261 g/mol. The molecule has 18 heavy (non-hydrogen) atoms. The van der Waals surface area contributed by atoms with Crippen molar-refractivity contribution in [1.82, 2.24) is 14.9 Å². The van der Waals surface area contributed by atoms with Gasteiger partial charge in [-0.3, -0.25) is 15.1 Å². The van der Waals surface area contributed by atoms with Crippen molar-refractivity contribution in [3.63, 3.8) is 0 Å². The number of nitrogens with one attached hydrogen (secondary N) is 1. The Balaban J connectivity index is 1.61. The molecule has 0 fully saturated rings. The summed E-state index contributed by atoms with van der Waals surface area (Å²) in [5, 5.41) is 5.64. The van der Waals surface area contributed by atoms with E-state index in [1.165, 1.54) is 0 Å². The fourth-order valence-electron chi connectivity index (χ4n) is 1.81. The Labute approximate surface area is 108 Å². The third-order valence-corrected chi connectivity index (χ3v) is 3.56. The summed E-state index contributed by atoms with van der Waals surface area (Å²) in [5.41, 5.74) is 0.990. The molecule has 2 aliphatic rings. The molecule has 0 radical (unpaired) electrons. The summed E-state index contributed by atoms with van der Waals surface area (Å²) in [6.45, 7) is 1.67. The van der Waals surface area contributed by atoms with Crippen LogP contribution in [0.1, 0.15) is 6.42 Å². The van der Waals surface area contributed by atoms with Crippen LogP contribution < -0.4 is 5.32 Å². The van der Waals surface area contributed by atoms with E-state index in [1.54, 1.807) is 30.2 Å². The van der Waals surface area contributed by atoms with E-state index in [9.17, 15) is 4.79 Å². The van der Waals surface area contributed by atoms with Crippen molar-refractivity contribution in [3.05, 3.63) is 29.6 Å². The lowest BCUT2D eigenvalue weighted by molar-refractivity contribution is -0.115. The molecule has 92 valence electrons. The molecule has 0 atom stereocenters. The van der Waals surface area contributed by atoms with E-state index in [-0.39, 0.29) is 5.91 Å². The van der Waals surface area contributed by atoms with Gasteiger partial charge in [-0.2, -0.15) is 0 Å². The zero-order chi connectivity index (χ0) is 12.4. The van der Waals surface area contributed by atoms with Crippen LogP contribution in [-0.2, 0) is 4.79 Å². The van der Waals surface area contributed by atoms with Gasteiger partial charge < -0.3 is 4.90 Å². The Kier molecular flexibility index (Phi) is 2.97. The maximum Gasteiger partial charge on any atom is 0.232 e. The van der Waals surface area contributed by atoms with Gasteiger partial charge in [0, 0.05) is 24.6 Å². The van der Waals surface area contributed by atoms with Crippen molar-refractivity contribution < 1.29 is 4.79 Å². The van der Waals surface area contributed by atoms with Gasteiger partial charge in [-0.1, -0.05) is 11.8 Å². The van der Waals surface area contributed by atoms with Crippen LogP contribution >= 0.6 is 11.8 Å². The number of amidine groups is 1. The summed E-state index contributed by atoms with van der Waals surface area (Å²) in [4.78, 5) is 26.2. The third kappa shape index (κ3) is 2.21. The van der Waals surface area contributed by atoms with E-state index in [1.807, 2.05) is 5.41 Å². The fraction of sp³-hybridized carbons (Fsp3) is 0.273. The third-order valence-electron chi connectivity index (χ3n) is 2.61. The Morgan fingerprint density at radius 2 is 2.28 bits per heavy atom. The Bertz CT molecular complexity index is 527. The molecule has 2 aliphatic heterocycles. The van der Waals surface area contributed by atoms with Crippen LogP contribution in [-0.4, -0.2) is 39.0 Å². The summed E-state index contributed by atoms with van der Waals surface area (Å²) in [6, 6.07) is 1.71. The van der Waals surface area contributed by atoms with Crippen molar-refractivity contribution in [1.29, 1.82) is 0 Å². The first-order valence-electron chi connectivity index (χ1n) is 5.57. The number of hydrogen-bond acceptors (Lipinski definition) is 6. The molecular formula is C11H11N5OS. The molecule has 0 bridgehead atoms. The SMILES string of the molecule is O=C(CC1=CSC2=NCCN12)Nc1ncccn1.